The second kappa shape index (κ2) is 7.58. The minimum Gasteiger partial charge on any atom is -0.450 e. The number of hydrogen-bond donors (Lipinski definition) is 1. The molecule has 1 aromatic heterocycles. The summed E-state index contributed by atoms with van der Waals surface area (Å²) in [4.78, 5) is 30.8. The smallest absolute Gasteiger partial charge is 0.409 e. The summed E-state index contributed by atoms with van der Waals surface area (Å²) in [5, 5.41) is 4.05. The van der Waals surface area contributed by atoms with Gasteiger partial charge < -0.3 is 15.0 Å². The van der Waals surface area contributed by atoms with Crippen LogP contribution in [0.1, 0.15) is 35.3 Å². The summed E-state index contributed by atoms with van der Waals surface area (Å²) in [7, 11) is 0. The van der Waals surface area contributed by atoms with Crippen LogP contribution in [0.4, 0.5) is 4.79 Å². The molecule has 1 aliphatic heterocycles. The largest absolute Gasteiger partial charge is 0.450 e. The summed E-state index contributed by atoms with van der Waals surface area (Å²) in [6.45, 7) is 7.33. The molecule has 1 aliphatic rings. The maximum absolute atomic E-state index is 12.1. The van der Waals surface area contributed by atoms with Gasteiger partial charge in [-0.15, -0.1) is 11.3 Å². The molecule has 0 aromatic carbocycles. The second-order valence-corrected chi connectivity index (χ2v) is 6.73. The number of aromatic nitrogens is 1. The van der Waals surface area contributed by atoms with E-state index in [2.05, 4.69) is 10.3 Å². The van der Waals surface area contributed by atoms with E-state index in [1.165, 1.54) is 0 Å². The number of rotatable bonds is 4. The molecule has 2 amide bonds. The molecule has 0 aliphatic carbocycles. The summed E-state index contributed by atoms with van der Waals surface area (Å²) in [5.41, 5.74) is 0.940. The highest BCUT2D eigenvalue weighted by Gasteiger charge is 2.24. The van der Waals surface area contributed by atoms with Crippen molar-refractivity contribution >= 4 is 23.3 Å². The number of thiazole rings is 1. The minimum atomic E-state index is -0.261. The molecule has 22 heavy (non-hydrogen) atoms. The van der Waals surface area contributed by atoms with Crippen LogP contribution in [0.25, 0.3) is 0 Å². The first-order valence-corrected chi connectivity index (χ1v) is 8.45. The molecule has 2 heterocycles. The summed E-state index contributed by atoms with van der Waals surface area (Å²) >= 11 is 1.57. The first kappa shape index (κ1) is 16.7. The van der Waals surface area contributed by atoms with Crippen LogP contribution in [0.3, 0.4) is 0 Å². The monoisotopic (exact) mass is 325 g/mol. The number of nitrogens with one attached hydrogen (secondary N) is 1. The van der Waals surface area contributed by atoms with Crippen LogP contribution in [0.15, 0.2) is 0 Å². The van der Waals surface area contributed by atoms with Gasteiger partial charge in [-0.3, -0.25) is 4.79 Å². The molecule has 0 radical (unpaired) electrons. The van der Waals surface area contributed by atoms with Crippen LogP contribution in [0.2, 0.25) is 0 Å². The molecule has 1 fully saturated rings. The molecule has 1 aromatic rings. The summed E-state index contributed by atoms with van der Waals surface area (Å²) in [6, 6.07) is 0.132. The third kappa shape index (κ3) is 4.43. The third-order valence-electron chi connectivity index (χ3n) is 3.71. The number of likely N-dealkylation sites (tertiary alicyclic amines) is 1. The highest BCUT2D eigenvalue weighted by molar-refractivity contribution is 7.11. The molecule has 1 N–H and O–H groups in total. The van der Waals surface area contributed by atoms with E-state index in [-0.39, 0.29) is 18.0 Å². The van der Waals surface area contributed by atoms with E-state index in [1.54, 1.807) is 23.2 Å². The SMILES string of the molecule is CCOC(=O)N1CCC(NC(=O)Cc2sc(C)nc2C)CC1. The van der Waals surface area contributed by atoms with Crippen LogP contribution in [-0.2, 0) is 16.0 Å². The van der Waals surface area contributed by atoms with Crippen molar-refractivity contribution in [2.75, 3.05) is 19.7 Å². The van der Waals surface area contributed by atoms with E-state index in [9.17, 15) is 9.59 Å². The maximum atomic E-state index is 12.1. The third-order valence-corrected chi connectivity index (χ3v) is 4.78. The van der Waals surface area contributed by atoms with Crippen molar-refractivity contribution in [3.8, 4) is 0 Å². The fraction of sp³-hybridized carbons (Fsp3) is 0.667. The second-order valence-electron chi connectivity index (χ2n) is 5.45. The number of nitrogens with zero attached hydrogens (tertiary/aromatic N) is 2. The summed E-state index contributed by atoms with van der Waals surface area (Å²) in [5.74, 6) is 0.0290. The van der Waals surface area contributed by atoms with Crippen molar-refractivity contribution in [1.29, 1.82) is 0 Å². The first-order chi connectivity index (χ1) is 10.5. The Morgan fingerprint density at radius 2 is 2.05 bits per heavy atom. The van der Waals surface area contributed by atoms with E-state index in [0.29, 0.717) is 26.1 Å². The predicted octanol–water partition coefficient (Wildman–Crippen LogP) is 2.04. The molecule has 0 unspecified atom stereocenters. The van der Waals surface area contributed by atoms with Gasteiger partial charge in [0.2, 0.25) is 5.91 Å². The standard InChI is InChI=1S/C15H23N3O3S/c1-4-21-15(20)18-7-5-12(6-8-18)17-14(19)9-13-10(2)16-11(3)22-13/h12H,4-9H2,1-3H3,(H,17,19). The van der Waals surface area contributed by atoms with Gasteiger partial charge in [0.05, 0.1) is 23.7 Å². The van der Waals surface area contributed by atoms with Crippen molar-refractivity contribution in [3.63, 3.8) is 0 Å². The Balaban J connectivity index is 1.77. The Hall–Kier alpha value is -1.63. The Kier molecular flexibility index (Phi) is 5.76. The molecule has 0 atom stereocenters. The zero-order chi connectivity index (χ0) is 16.1. The van der Waals surface area contributed by atoms with Crippen molar-refractivity contribution in [2.45, 2.75) is 46.1 Å². The number of aryl methyl sites for hydroxylation is 2. The number of ether oxygens (including phenoxy) is 1. The van der Waals surface area contributed by atoms with Gasteiger partial charge in [0.1, 0.15) is 0 Å². The number of carbonyl (C=O) groups excluding carboxylic acids is 2. The Labute approximate surface area is 134 Å². The van der Waals surface area contributed by atoms with Crippen molar-refractivity contribution < 1.29 is 14.3 Å². The zero-order valence-electron chi connectivity index (χ0n) is 13.3. The lowest BCUT2D eigenvalue weighted by Crippen LogP contribution is -2.47. The molecule has 2 rings (SSSR count). The molecule has 122 valence electrons. The fourth-order valence-electron chi connectivity index (χ4n) is 2.58. The Bertz CT molecular complexity index is 536. The molecular formula is C15H23N3O3S. The van der Waals surface area contributed by atoms with Crippen molar-refractivity contribution in [3.05, 3.63) is 15.6 Å². The van der Waals surface area contributed by atoms with E-state index in [1.807, 2.05) is 13.8 Å². The quantitative estimate of drug-likeness (QED) is 0.919. The number of amides is 2. The highest BCUT2D eigenvalue weighted by atomic mass is 32.1. The average Bonchev–Trinajstić information content (AvgIpc) is 2.77. The number of hydrogen-bond acceptors (Lipinski definition) is 5. The zero-order valence-corrected chi connectivity index (χ0v) is 14.2. The van der Waals surface area contributed by atoms with Gasteiger partial charge in [-0.05, 0) is 33.6 Å². The normalized spacial score (nSPS) is 15.7. The van der Waals surface area contributed by atoms with Gasteiger partial charge in [0.15, 0.2) is 0 Å². The van der Waals surface area contributed by atoms with Crippen LogP contribution < -0.4 is 5.32 Å². The molecule has 0 saturated carbocycles. The number of piperidine rings is 1. The lowest BCUT2D eigenvalue weighted by molar-refractivity contribution is -0.121. The van der Waals surface area contributed by atoms with Gasteiger partial charge in [-0.2, -0.15) is 0 Å². The predicted molar refractivity (Wildman–Crippen MR) is 85.1 cm³/mol. The van der Waals surface area contributed by atoms with Gasteiger partial charge in [-0.25, -0.2) is 9.78 Å². The Morgan fingerprint density at radius 3 is 2.59 bits per heavy atom. The first-order valence-electron chi connectivity index (χ1n) is 7.63. The van der Waals surface area contributed by atoms with E-state index in [4.69, 9.17) is 4.74 Å². The molecule has 1 saturated heterocycles. The number of carbonyl (C=O) groups is 2. The van der Waals surface area contributed by atoms with Gasteiger partial charge in [0, 0.05) is 24.0 Å². The molecular weight excluding hydrogens is 302 g/mol. The summed E-state index contributed by atoms with van der Waals surface area (Å²) < 4.78 is 4.99. The average molecular weight is 325 g/mol. The van der Waals surface area contributed by atoms with E-state index < -0.39 is 0 Å². The lowest BCUT2D eigenvalue weighted by atomic mass is 10.1. The Morgan fingerprint density at radius 1 is 1.36 bits per heavy atom. The molecule has 7 heteroatoms. The van der Waals surface area contributed by atoms with Crippen LogP contribution >= 0.6 is 11.3 Å². The fourth-order valence-corrected chi connectivity index (χ4v) is 3.52. The molecule has 6 nitrogen and oxygen atoms in total. The van der Waals surface area contributed by atoms with Gasteiger partial charge in [-0.1, -0.05) is 0 Å². The van der Waals surface area contributed by atoms with Crippen molar-refractivity contribution in [2.24, 2.45) is 0 Å². The van der Waals surface area contributed by atoms with Crippen LogP contribution in [0.5, 0.6) is 0 Å². The summed E-state index contributed by atoms with van der Waals surface area (Å²) in [6.07, 6.45) is 1.66. The highest BCUT2D eigenvalue weighted by Crippen LogP contribution is 2.18. The van der Waals surface area contributed by atoms with Crippen LogP contribution in [-0.4, -0.2) is 47.6 Å². The minimum absolute atomic E-state index is 0.0290. The topological polar surface area (TPSA) is 71.5 Å². The maximum Gasteiger partial charge on any atom is 0.409 e. The van der Waals surface area contributed by atoms with E-state index >= 15 is 0 Å². The van der Waals surface area contributed by atoms with E-state index in [0.717, 1.165) is 28.4 Å². The lowest BCUT2D eigenvalue weighted by Gasteiger charge is -2.31. The van der Waals surface area contributed by atoms with Crippen molar-refractivity contribution in [1.82, 2.24) is 15.2 Å². The van der Waals surface area contributed by atoms with Gasteiger partial charge in [0.25, 0.3) is 0 Å². The molecule has 0 spiro atoms. The molecule has 0 bridgehead atoms. The van der Waals surface area contributed by atoms with Gasteiger partial charge >= 0.3 is 6.09 Å². The van der Waals surface area contributed by atoms with Crippen LogP contribution in [0, 0.1) is 13.8 Å².